The van der Waals surface area contributed by atoms with E-state index in [4.69, 9.17) is 0 Å². The number of para-hydroxylation sites is 1. The van der Waals surface area contributed by atoms with Gasteiger partial charge in [-0.15, -0.1) is 0 Å². The van der Waals surface area contributed by atoms with Gasteiger partial charge in [-0.3, -0.25) is 4.79 Å². The summed E-state index contributed by atoms with van der Waals surface area (Å²) in [6, 6.07) is 8.37. The first kappa shape index (κ1) is 14.5. The minimum Gasteiger partial charge on any atom is -0.372 e. The van der Waals surface area contributed by atoms with E-state index in [1.54, 1.807) is 6.07 Å². The van der Waals surface area contributed by atoms with Crippen LogP contribution in [0.4, 0.5) is 23.2 Å². The Morgan fingerprint density at radius 2 is 1.64 bits per heavy atom. The van der Waals surface area contributed by atoms with Crippen LogP contribution in [0.3, 0.4) is 0 Å². The van der Waals surface area contributed by atoms with Crippen molar-refractivity contribution in [3.8, 4) is 0 Å². The first-order chi connectivity index (χ1) is 10.3. The Morgan fingerprint density at radius 3 is 2.32 bits per heavy atom. The minimum absolute atomic E-state index is 0.0122. The summed E-state index contributed by atoms with van der Waals surface area (Å²) in [5.41, 5.74) is -4.52. The smallest absolute Gasteiger partial charge is 0.372 e. The van der Waals surface area contributed by atoms with E-state index in [0.717, 1.165) is 12.1 Å². The summed E-state index contributed by atoms with van der Waals surface area (Å²) in [6.45, 7) is 0. The molecule has 22 heavy (non-hydrogen) atoms. The zero-order chi connectivity index (χ0) is 16.1. The molecule has 0 bridgehead atoms. The molecule has 1 atom stereocenters. The molecule has 1 aliphatic rings. The molecule has 1 amide bonds. The molecule has 7 heteroatoms. The Bertz CT molecular complexity index is 772. The Balaban J connectivity index is 2.26. The van der Waals surface area contributed by atoms with E-state index in [1.165, 1.54) is 18.2 Å². The van der Waals surface area contributed by atoms with Crippen LogP contribution in [0.15, 0.2) is 42.5 Å². The molecule has 2 aromatic carbocycles. The summed E-state index contributed by atoms with van der Waals surface area (Å²) in [5, 5.41) is 13.0. The average molecular weight is 311 g/mol. The fourth-order valence-corrected chi connectivity index (χ4v) is 2.54. The summed E-state index contributed by atoms with van der Waals surface area (Å²) in [5.74, 6) is -2.66. The fourth-order valence-electron chi connectivity index (χ4n) is 2.54. The van der Waals surface area contributed by atoms with Crippen LogP contribution in [0.5, 0.6) is 0 Å². The number of rotatable bonds is 1. The van der Waals surface area contributed by atoms with Crippen molar-refractivity contribution < 1.29 is 27.5 Å². The second kappa shape index (κ2) is 4.54. The van der Waals surface area contributed by atoms with Crippen molar-refractivity contribution in [2.75, 3.05) is 5.32 Å². The normalized spacial score (nSPS) is 20.7. The molecule has 2 N–H and O–H groups in total. The van der Waals surface area contributed by atoms with Crippen molar-refractivity contribution in [3.05, 3.63) is 65.0 Å². The number of benzene rings is 2. The monoisotopic (exact) mass is 311 g/mol. The van der Waals surface area contributed by atoms with Gasteiger partial charge in [0.15, 0.2) is 5.60 Å². The van der Waals surface area contributed by atoms with Gasteiger partial charge in [0.05, 0.1) is 5.56 Å². The molecular formula is C15H9F4NO2. The molecule has 2 aromatic rings. The number of nitrogens with one attached hydrogen (secondary N) is 1. The maximum absolute atomic E-state index is 14.3. The van der Waals surface area contributed by atoms with Crippen molar-refractivity contribution >= 4 is 11.6 Å². The lowest BCUT2D eigenvalue weighted by molar-refractivity contribution is -0.141. The number of halogens is 4. The summed E-state index contributed by atoms with van der Waals surface area (Å²) in [7, 11) is 0. The Kier molecular flexibility index (Phi) is 3.00. The van der Waals surface area contributed by atoms with Gasteiger partial charge in [-0.25, -0.2) is 4.39 Å². The summed E-state index contributed by atoms with van der Waals surface area (Å²) in [4.78, 5) is 12.1. The maximum atomic E-state index is 14.3. The second-order valence-corrected chi connectivity index (χ2v) is 4.87. The highest BCUT2D eigenvalue weighted by Gasteiger charge is 2.49. The topological polar surface area (TPSA) is 49.3 Å². The molecule has 3 rings (SSSR count). The Hall–Kier alpha value is -2.41. The van der Waals surface area contributed by atoms with Gasteiger partial charge in [0.25, 0.3) is 5.91 Å². The number of amides is 1. The summed E-state index contributed by atoms with van der Waals surface area (Å²) < 4.78 is 52.7. The summed E-state index contributed by atoms with van der Waals surface area (Å²) >= 11 is 0. The largest absolute Gasteiger partial charge is 0.419 e. The molecule has 0 saturated carbocycles. The first-order valence-electron chi connectivity index (χ1n) is 6.26. The van der Waals surface area contributed by atoms with Crippen LogP contribution in [0.1, 0.15) is 16.7 Å². The predicted octanol–water partition coefficient (Wildman–Crippen LogP) is 3.03. The van der Waals surface area contributed by atoms with E-state index < -0.39 is 34.6 Å². The van der Waals surface area contributed by atoms with Gasteiger partial charge in [-0.2, -0.15) is 13.2 Å². The quantitative estimate of drug-likeness (QED) is 0.795. The number of fused-ring (bicyclic) bond motifs is 1. The maximum Gasteiger partial charge on any atom is 0.419 e. The van der Waals surface area contributed by atoms with Crippen LogP contribution in [0.2, 0.25) is 0 Å². The molecule has 0 fully saturated rings. The van der Waals surface area contributed by atoms with Crippen LogP contribution < -0.4 is 5.32 Å². The number of hydrogen-bond donors (Lipinski definition) is 2. The van der Waals surface area contributed by atoms with E-state index >= 15 is 0 Å². The van der Waals surface area contributed by atoms with Crippen LogP contribution in [0, 0.1) is 5.82 Å². The highest BCUT2D eigenvalue weighted by molar-refractivity contribution is 6.07. The van der Waals surface area contributed by atoms with Gasteiger partial charge in [0, 0.05) is 16.8 Å². The van der Waals surface area contributed by atoms with Crippen LogP contribution in [-0.4, -0.2) is 11.0 Å². The standard InChI is InChI=1S/C15H9F4NO2/c16-12-9(5-3-6-10(12)15(17,18)19)14(22)8-4-1-2-7-11(8)20-13(14)21/h1-7,22H,(H,20,21). The van der Waals surface area contributed by atoms with E-state index in [1.807, 2.05) is 0 Å². The first-order valence-corrected chi connectivity index (χ1v) is 6.26. The van der Waals surface area contributed by atoms with Crippen molar-refractivity contribution in [2.45, 2.75) is 11.8 Å². The Labute approximate surface area is 122 Å². The van der Waals surface area contributed by atoms with E-state index in [0.29, 0.717) is 6.07 Å². The average Bonchev–Trinajstić information content (AvgIpc) is 2.71. The third kappa shape index (κ3) is 1.89. The molecule has 0 aliphatic carbocycles. The molecule has 0 spiro atoms. The van der Waals surface area contributed by atoms with Crippen LogP contribution >= 0.6 is 0 Å². The van der Waals surface area contributed by atoms with Gasteiger partial charge in [-0.1, -0.05) is 30.3 Å². The number of alkyl halides is 3. The van der Waals surface area contributed by atoms with E-state index in [-0.39, 0.29) is 11.3 Å². The molecule has 1 unspecified atom stereocenters. The molecule has 1 aliphatic heterocycles. The lowest BCUT2D eigenvalue weighted by atomic mass is 9.86. The highest BCUT2D eigenvalue weighted by atomic mass is 19.4. The number of hydrogen-bond acceptors (Lipinski definition) is 2. The zero-order valence-corrected chi connectivity index (χ0v) is 10.9. The van der Waals surface area contributed by atoms with Gasteiger partial charge in [0.2, 0.25) is 0 Å². The molecular weight excluding hydrogens is 302 g/mol. The molecule has 0 radical (unpaired) electrons. The number of anilines is 1. The van der Waals surface area contributed by atoms with Crippen molar-refractivity contribution in [2.24, 2.45) is 0 Å². The minimum atomic E-state index is -4.93. The zero-order valence-electron chi connectivity index (χ0n) is 10.9. The SMILES string of the molecule is O=C1Nc2ccccc2C1(O)c1cccc(C(F)(F)F)c1F. The number of carbonyl (C=O) groups excluding carboxylic acids is 1. The van der Waals surface area contributed by atoms with Crippen molar-refractivity contribution in [1.82, 2.24) is 0 Å². The molecule has 1 heterocycles. The van der Waals surface area contributed by atoms with Gasteiger partial charge in [-0.05, 0) is 12.1 Å². The lowest BCUT2D eigenvalue weighted by Crippen LogP contribution is -2.36. The van der Waals surface area contributed by atoms with Crippen molar-refractivity contribution in [3.63, 3.8) is 0 Å². The molecule has 0 aromatic heterocycles. The highest BCUT2D eigenvalue weighted by Crippen LogP contribution is 2.43. The summed E-state index contributed by atoms with van der Waals surface area (Å²) in [6.07, 6.45) is -4.93. The van der Waals surface area contributed by atoms with Crippen molar-refractivity contribution in [1.29, 1.82) is 0 Å². The molecule has 0 saturated heterocycles. The number of aliphatic hydroxyl groups is 1. The third-order valence-electron chi connectivity index (χ3n) is 3.59. The Morgan fingerprint density at radius 1 is 1.00 bits per heavy atom. The van der Waals surface area contributed by atoms with Gasteiger partial charge >= 0.3 is 6.18 Å². The third-order valence-corrected chi connectivity index (χ3v) is 3.59. The lowest BCUT2D eigenvalue weighted by Gasteiger charge is -2.23. The van der Waals surface area contributed by atoms with Gasteiger partial charge in [0.1, 0.15) is 5.82 Å². The van der Waals surface area contributed by atoms with Gasteiger partial charge < -0.3 is 10.4 Å². The predicted molar refractivity (Wildman–Crippen MR) is 69.5 cm³/mol. The van der Waals surface area contributed by atoms with E-state index in [9.17, 15) is 27.5 Å². The van der Waals surface area contributed by atoms with Crippen LogP contribution in [-0.2, 0) is 16.6 Å². The van der Waals surface area contributed by atoms with E-state index in [2.05, 4.69) is 5.32 Å². The fraction of sp³-hybridized carbons (Fsp3) is 0.133. The second-order valence-electron chi connectivity index (χ2n) is 4.87. The molecule has 3 nitrogen and oxygen atoms in total. The molecule has 114 valence electrons. The number of carbonyl (C=O) groups is 1. The van der Waals surface area contributed by atoms with Crippen LogP contribution in [0.25, 0.3) is 0 Å².